The second kappa shape index (κ2) is 3.23. The fourth-order valence-corrected chi connectivity index (χ4v) is 0.134. The second-order valence-corrected chi connectivity index (χ2v) is 0.863. The zero-order valence-electron chi connectivity index (χ0n) is 3.93. The average Bonchev–Trinajstić information content (AvgIpc) is 1.61. The first kappa shape index (κ1) is 6.03. The first-order valence-electron chi connectivity index (χ1n) is 1.79. The molecule has 0 amide bonds. The molecule has 0 atom stereocenters. The van der Waals surface area contributed by atoms with Crippen molar-refractivity contribution in [1.29, 1.82) is 0 Å². The average molecular weight is 97.1 g/mol. The van der Waals surface area contributed by atoms with Gasteiger partial charge in [-0.2, -0.15) is 0 Å². The molecule has 1 radical (unpaired) electrons. The molecule has 0 aromatic carbocycles. The van der Waals surface area contributed by atoms with Gasteiger partial charge >= 0.3 is 5.97 Å². The first-order valence-corrected chi connectivity index (χ1v) is 1.79. The van der Waals surface area contributed by atoms with Crippen molar-refractivity contribution < 1.29 is 9.90 Å². The molecule has 0 aliphatic heterocycles. The van der Waals surface area contributed by atoms with Gasteiger partial charge in [0.1, 0.15) is 0 Å². The third-order valence-electron chi connectivity index (χ3n) is 0.323. The Kier molecular flexibility index (Phi) is 2.78. The minimum atomic E-state index is -1.09. The van der Waals surface area contributed by atoms with E-state index in [4.69, 9.17) is 5.11 Å². The van der Waals surface area contributed by atoms with Gasteiger partial charge in [-0.25, -0.2) is 4.79 Å². The molecule has 0 aromatic heterocycles. The Morgan fingerprint density at radius 1 is 1.86 bits per heavy atom. The van der Waals surface area contributed by atoms with Gasteiger partial charge in [0.2, 0.25) is 0 Å². The van der Waals surface area contributed by atoms with Crippen LogP contribution in [0.15, 0.2) is 0 Å². The van der Waals surface area contributed by atoms with E-state index >= 15 is 0 Å². The summed E-state index contributed by atoms with van der Waals surface area (Å²) in [5, 5.41) is 7.85. The Balaban J connectivity index is 3.45. The zero-order valence-corrected chi connectivity index (χ0v) is 3.93. The Bertz CT molecular complexity index is 116. The van der Waals surface area contributed by atoms with E-state index < -0.39 is 5.97 Å². The summed E-state index contributed by atoms with van der Waals surface area (Å²) in [6, 6.07) is 0. The number of rotatable bonds is 0. The Hall–Kier alpha value is -0.970. The van der Waals surface area contributed by atoms with Crippen molar-refractivity contribution in [2.24, 2.45) is 0 Å². The number of carboxylic acid groups (broad SMARTS) is 1. The highest BCUT2D eigenvalue weighted by Gasteiger charge is 1.78. The highest BCUT2D eigenvalue weighted by molar-refractivity contribution is 5.86. The second-order valence-electron chi connectivity index (χ2n) is 0.863. The maximum absolute atomic E-state index is 9.56. The molecule has 2 nitrogen and oxygen atoms in total. The molecule has 0 heterocycles. The Labute approximate surface area is 42.2 Å². The van der Waals surface area contributed by atoms with E-state index in [2.05, 4.69) is 5.92 Å². The van der Waals surface area contributed by atoms with E-state index in [9.17, 15) is 4.79 Å². The SMILES string of the molecule is C[CH]C#CC(=O)O. The summed E-state index contributed by atoms with van der Waals surface area (Å²) in [4.78, 5) is 9.56. The Morgan fingerprint density at radius 2 is 2.43 bits per heavy atom. The van der Waals surface area contributed by atoms with E-state index in [1.54, 1.807) is 6.92 Å². The quantitative estimate of drug-likeness (QED) is 0.441. The van der Waals surface area contributed by atoms with Crippen LogP contribution < -0.4 is 0 Å². The van der Waals surface area contributed by atoms with Gasteiger partial charge < -0.3 is 5.11 Å². The van der Waals surface area contributed by atoms with Gasteiger partial charge in [0.15, 0.2) is 0 Å². The molecular weight excluding hydrogens is 92.1 g/mol. The molecule has 37 valence electrons. The van der Waals surface area contributed by atoms with Crippen LogP contribution >= 0.6 is 0 Å². The van der Waals surface area contributed by atoms with E-state index in [0.29, 0.717) is 0 Å². The standard InChI is InChI=1S/C5H5O2/c1-2-3-4-5(6)7/h2H,1H3,(H,6,7). The van der Waals surface area contributed by atoms with Crippen LogP contribution in [-0.4, -0.2) is 11.1 Å². The van der Waals surface area contributed by atoms with Gasteiger partial charge in [-0.3, -0.25) is 0 Å². The molecule has 2 heteroatoms. The van der Waals surface area contributed by atoms with Crippen LogP contribution in [0.25, 0.3) is 0 Å². The maximum Gasteiger partial charge on any atom is 0.381 e. The third kappa shape index (κ3) is 5.03. The fourth-order valence-electron chi connectivity index (χ4n) is 0.134. The summed E-state index contributed by atoms with van der Waals surface area (Å²) in [6.07, 6.45) is 1.48. The van der Waals surface area contributed by atoms with Crippen LogP contribution in [0.4, 0.5) is 0 Å². The van der Waals surface area contributed by atoms with Crippen molar-refractivity contribution >= 4 is 5.97 Å². The summed E-state index contributed by atoms with van der Waals surface area (Å²) in [5.74, 6) is 3.09. The summed E-state index contributed by atoms with van der Waals surface area (Å²) in [6.45, 7) is 1.68. The predicted molar refractivity (Wildman–Crippen MR) is 25.4 cm³/mol. The topological polar surface area (TPSA) is 37.3 Å². The van der Waals surface area contributed by atoms with E-state index in [1.807, 2.05) is 5.92 Å². The van der Waals surface area contributed by atoms with Crippen LogP contribution in [0.5, 0.6) is 0 Å². The summed E-state index contributed by atoms with van der Waals surface area (Å²) < 4.78 is 0. The van der Waals surface area contributed by atoms with Crippen molar-refractivity contribution in [2.75, 3.05) is 0 Å². The first-order chi connectivity index (χ1) is 3.27. The highest BCUT2D eigenvalue weighted by atomic mass is 16.4. The third-order valence-corrected chi connectivity index (χ3v) is 0.323. The Morgan fingerprint density at radius 3 is 2.57 bits per heavy atom. The molecule has 0 rings (SSSR count). The minimum absolute atomic E-state index is 1.09. The molecule has 0 aromatic rings. The molecule has 0 saturated carbocycles. The van der Waals surface area contributed by atoms with Crippen molar-refractivity contribution in [3.05, 3.63) is 6.42 Å². The minimum Gasteiger partial charge on any atom is -0.472 e. The normalized spacial score (nSPS) is 6.43. The van der Waals surface area contributed by atoms with Gasteiger partial charge in [0, 0.05) is 12.3 Å². The van der Waals surface area contributed by atoms with Crippen molar-refractivity contribution in [3.8, 4) is 11.8 Å². The van der Waals surface area contributed by atoms with Gasteiger partial charge in [-0.15, -0.1) is 0 Å². The van der Waals surface area contributed by atoms with E-state index in [-0.39, 0.29) is 0 Å². The smallest absolute Gasteiger partial charge is 0.381 e. The fraction of sp³-hybridized carbons (Fsp3) is 0.200. The molecule has 0 saturated heterocycles. The molecule has 1 N–H and O–H groups in total. The summed E-state index contributed by atoms with van der Waals surface area (Å²) in [5.41, 5.74) is 0. The van der Waals surface area contributed by atoms with Crippen molar-refractivity contribution in [2.45, 2.75) is 6.92 Å². The molecule has 7 heavy (non-hydrogen) atoms. The molecule has 0 fully saturated rings. The molecule has 0 unspecified atom stereocenters. The summed E-state index contributed by atoms with van der Waals surface area (Å²) >= 11 is 0. The molecule has 0 spiro atoms. The van der Waals surface area contributed by atoms with Gasteiger partial charge in [-0.1, -0.05) is 12.8 Å². The van der Waals surface area contributed by atoms with Crippen molar-refractivity contribution in [3.63, 3.8) is 0 Å². The van der Waals surface area contributed by atoms with Gasteiger partial charge in [0.25, 0.3) is 0 Å². The summed E-state index contributed by atoms with van der Waals surface area (Å²) in [7, 11) is 0. The number of aliphatic carboxylic acids is 1. The van der Waals surface area contributed by atoms with Gasteiger partial charge in [-0.05, 0) is 0 Å². The van der Waals surface area contributed by atoms with Crippen LogP contribution in [0.2, 0.25) is 0 Å². The number of carbonyl (C=O) groups is 1. The van der Waals surface area contributed by atoms with Gasteiger partial charge in [0.05, 0.1) is 0 Å². The van der Waals surface area contributed by atoms with Crippen LogP contribution in [0, 0.1) is 18.3 Å². The number of hydrogen-bond donors (Lipinski definition) is 1. The lowest BCUT2D eigenvalue weighted by Crippen LogP contribution is -1.85. The lowest BCUT2D eigenvalue weighted by atomic mass is 10.5. The highest BCUT2D eigenvalue weighted by Crippen LogP contribution is 1.63. The van der Waals surface area contributed by atoms with Crippen molar-refractivity contribution in [1.82, 2.24) is 0 Å². The monoisotopic (exact) mass is 97.0 g/mol. The molecular formula is C5H5O2. The number of hydrogen-bond acceptors (Lipinski definition) is 1. The zero-order chi connectivity index (χ0) is 5.70. The molecule has 0 aliphatic rings. The van der Waals surface area contributed by atoms with Crippen LogP contribution in [0.3, 0.4) is 0 Å². The predicted octanol–water partition coefficient (Wildman–Crippen LogP) is 0.299. The largest absolute Gasteiger partial charge is 0.472 e. The molecule has 0 aliphatic carbocycles. The van der Waals surface area contributed by atoms with Crippen LogP contribution in [-0.2, 0) is 4.79 Å². The van der Waals surface area contributed by atoms with E-state index in [1.165, 1.54) is 6.42 Å². The number of carboxylic acids is 1. The molecule has 0 bridgehead atoms. The maximum atomic E-state index is 9.56. The van der Waals surface area contributed by atoms with Crippen LogP contribution in [0.1, 0.15) is 6.92 Å². The lowest BCUT2D eigenvalue weighted by molar-refractivity contribution is -0.130. The van der Waals surface area contributed by atoms with E-state index in [0.717, 1.165) is 0 Å². The lowest BCUT2D eigenvalue weighted by Gasteiger charge is -1.66.